The standard InChI is InChI=1S/C20H31NO2/c1-6-7-8-9-16-14-17-10-11-20(2,3)23-19(17)15-18(16)22-13-12-21(4)5/h10-11,14-15H,6-9,12-13H2,1-5H3. The molecule has 0 unspecified atom stereocenters. The predicted molar refractivity (Wildman–Crippen MR) is 97.5 cm³/mol. The van der Waals surface area contributed by atoms with Crippen molar-refractivity contribution in [2.45, 2.75) is 52.1 Å². The zero-order valence-electron chi connectivity index (χ0n) is 15.3. The van der Waals surface area contributed by atoms with E-state index in [1.54, 1.807) is 0 Å². The van der Waals surface area contributed by atoms with Gasteiger partial charge in [0.1, 0.15) is 23.7 Å². The molecular formula is C20H31NO2. The monoisotopic (exact) mass is 317 g/mol. The van der Waals surface area contributed by atoms with Crippen LogP contribution in [0.25, 0.3) is 6.08 Å². The van der Waals surface area contributed by atoms with Gasteiger partial charge >= 0.3 is 0 Å². The van der Waals surface area contributed by atoms with Crippen molar-refractivity contribution in [3.8, 4) is 11.5 Å². The lowest BCUT2D eigenvalue weighted by Crippen LogP contribution is -2.27. The molecule has 0 atom stereocenters. The Bertz CT molecular complexity index is 547. The Morgan fingerprint density at radius 1 is 1.17 bits per heavy atom. The SMILES string of the molecule is CCCCCc1cc2c(cc1OCCN(C)C)OC(C)(C)C=C2. The van der Waals surface area contributed by atoms with Crippen LogP contribution in [0.15, 0.2) is 18.2 Å². The molecule has 1 aliphatic heterocycles. The van der Waals surface area contributed by atoms with E-state index in [-0.39, 0.29) is 5.60 Å². The summed E-state index contributed by atoms with van der Waals surface area (Å²) in [7, 11) is 4.13. The van der Waals surface area contributed by atoms with Crippen LogP contribution in [0, 0.1) is 0 Å². The molecule has 23 heavy (non-hydrogen) atoms. The van der Waals surface area contributed by atoms with E-state index in [1.807, 2.05) is 0 Å². The van der Waals surface area contributed by atoms with Gasteiger partial charge in [-0.2, -0.15) is 0 Å². The zero-order valence-corrected chi connectivity index (χ0v) is 15.3. The van der Waals surface area contributed by atoms with Gasteiger partial charge in [0.15, 0.2) is 0 Å². The number of fused-ring (bicyclic) bond motifs is 1. The van der Waals surface area contributed by atoms with Crippen molar-refractivity contribution < 1.29 is 9.47 Å². The van der Waals surface area contributed by atoms with Gasteiger partial charge in [0.05, 0.1) is 0 Å². The molecule has 0 saturated heterocycles. The van der Waals surface area contributed by atoms with Gasteiger partial charge in [-0.3, -0.25) is 0 Å². The Balaban J connectivity index is 2.20. The smallest absolute Gasteiger partial charge is 0.131 e. The fraction of sp³-hybridized carbons (Fsp3) is 0.600. The van der Waals surface area contributed by atoms with Crippen LogP contribution >= 0.6 is 0 Å². The first-order valence-corrected chi connectivity index (χ1v) is 8.74. The molecule has 1 aromatic carbocycles. The largest absolute Gasteiger partial charge is 0.492 e. The summed E-state index contributed by atoms with van der Waals surface area (Å²) >= 11 is 0. The summed E-state index contributed by atoms with van der Waals surface area (Å²) in [4.78, 5) is 2.14. The molecule has 3 heteroatoms. The molecule has 0 aliphatic carbocycles. The lowest BCUT2D eigenvalue weighted by molar-refractivity contribution is 0.158. The van der Waals surface area contributed by atoms with Crippen LogP contribution < -0.4 is 9.47 Å². The quantitative estimate of drug-likeness (QED) is 0.657. The van der Waals surface area contributed by atoms with Gasteiger partial charge in [-0.25, -0.2) is 0 Å². The van der Waals surface area contributed by atoms with E-state index in [4.69, 9.17) is 9.47 Å². The van der Waals surface area contributed by atoms with Gasteiger partial charge in [0.25, 0.3) is 0 Å². The number of nitrogens with zero attached hydrogens (tertiary/aromatic N) is 1. The highest BCUT2D eigenvalue weighted by Gasteiger charge is 2.23. The summed E-state index contributed by atoms with van der Waals surface area (Å²) in [5, 5.41) is 0. The van der Waals surface area contributed by atoms with Crippen molar-refractivity contribution in [1.29, 1.82) is 0 Å². The van der Waals surface area contributed by atoms with Crippen LogP contribution in [0.3, 0.4) is 0 Å². The molecule has 0 bridgehead atoms. The Hall–Kier alpha value is -1.48. The average molecular weight is 317 g/mol. The molecule has 1 aromatic rings. The highest BCUT2D eigenvalue weighted by atomic mass is 16.5. The number of hydrogen-bond acceptors (Lipinski definition) is 3. The molecule has 0 amide bonds. The second-order valence-electron chi connectivity index (χ2n) is 7.15. The third kappa shape index (κ3) is 5.28. The molecule has 0 radical (unpaired) electrons. The number of benzene rings is 1. The van der Waals surface area contributed by atoms with Crippen molar-refractivity contribution in [3.63, 3.8) is 0 Å². The van der Waals surface area contributed by atoms with Crippen LogP contribution in [-0.4, -0.2) is 37.7 Å². The fourth-order valence-electron chi connectivity index (χ4n) is 2.68. The highest BCUT2D eigenvalue weighted by molar-refractivity contribution is 5.64. The number of rotatable bonds is 8. The molecule has 0 spiro atoms. The summed E-state index contributed by atoms with van der Waals surface area (Å²) in [5.74, 6) is 1.91. The van der Waals surface area contributed by atoms with Crippen molar-refractivity contribution in [3.05, 3.63) is 29.3 Å². The van der Waals surface area contributed by atoms with E-state index in [0.717, 1.165) is 30.0 Å². The lowest BCUT2D eigenvalue weighted by atomic mass is 9.98. The van der Waals surface area contributed by atoms with Gasteiger partial charge in [-0.1, -0.05) is 25.8 Å². The minimum atomic E-state index is -0.252. The molecule has 3 nitrogen and oxygen atoms in total. The lowest BCUT2D eigenvalue weighted by Gasteiger charge is -2.29. The number of hydrogen-bond donors (Lipinski definition) is 0. The van der Waals surface area contributed by atoms with Crippen LogP contribution in [0.4, 0.5) is 0 Å². The summed E-state index contributed by atoms with van der Waals surface area (Å²) < 4.78 is 12.2. The first-order chi connectivity index (χ1) is 10.9. The summed E-state index contributed by atoms with van der Waals surface area (Å²) in [6.45, 7) is 8.01. The van der Waals surface area contributed by atoms with Gasteiger partial charge in [-0.15, -0.1) is 0 Å². The molecule has 2 rings (SSSR count). The maximum atomic E-state index is 6.09. The second-order valence-corrected chi connectivity index (χ2v) is 7.15. The fourth-order valence-corrected chi connectivity index (χ4v) is 2.68. The molecule has 0 saturated carbocycles. The van der Waals surface area contributed by atoms with Crippen LogP contribution in [0.5, 0.6) is 11.5 Å². The van der Waals surface area contributed by atoms with E-state index in [2.05, 4.69) is 64.1 Å². The zero-order chi connectivity index (χ0) is 16.9. The molecular weight excluding hydrogens is 286 g/mol. The van der Waals surface area contributed by atoms with E-state index in [1.165, 1.54) is 24.8 Å². The van der Waals surface area contributed by atoms with Gasteiger partial charge < -0.3 is 14.4 Å². The van der Waals surface area contributed by atoms with Gasteiger partial charge in [-0.05, 0) is 58.5 Å². The minimum absolute atomic E-state index is 0.252. The first-order valence-electron chi connectivity index (χ1n) is 8.74. The predicted octanol–water partition coefficient (Wildman–Crippen LogP) is 4.54. The second kappa shape index (κ2) is 7.87. The summed E-state index contributed by atoms with van der Waals surface area (Å²) in [6.07, 6.45) is 9.06. The molecule has 0 aromatic heterocycles. The van der Waals surface area contributed by atoms with Crippen molar-refractivity contribution in [1.82, 2.24) is 4.90 Å². The number of unbranched alkanes of at least 4 members (excludes halogenated alkanes) is 2. The van der Waals surface area contributed by atoms with Crippen LogP contribution in [-0.2, 0) is 6.42 Å². The molecule has 128 valence electrons. The van der Waals surface area contributed by atoms with Crippen LogP contribution in [0.2, 0.25) is 0 Å². The Kier molecular flexibility index (Phi) is 6.11. The number of likely N-dealkylation sites (N-methyl/N-ethyl adjacent to an activating group) is 1. The topological polar surface area (TPSA) is 21.7 Å². The number of ether oxygens (including phenoxy) is 2. The molecule has 0 fully saturated rings. The van der Waals surface area contributed by atoms with Crippen molar-refractivity contribution >= 4 is 6.08 Å². The van der Waals surface area contributed by atoms with Gasteiger partial charge in [0, 0.05) is 18.2 Å². The average Bonchev–Trinajstić information content (AvgIpc) is 2.47. The minimum Gasteiger partial charge on any atom is -0.492 e. The Morgan fingerprint density at radius 3 is 2.65 bits per heavy atom. The highest BCUT2D eigenvalue weighted by Crippen LogP contribution is 2.36. The van der Waals surface area contributed by atoms with E-state index in [0.29, 0.717) is 6.61 Å². The first kappa shape index (κ1) is 17.9. The molecule has 0 N–H and O–H groups in total. The van der Waals surface area contributed by atoms with Crippen molar-refractivity contribution in [2.75, 3.05) is 27.2 Å². The molecule has 1 aliphatic rings. The summed E-state index contributed by atoms with van der Waals surface area (Å²) in [5.41, 5.74) is 2.21. The summed E-state index contributed by atoms with van der Waals surface area (Å²) in [6, 6.07) is 4.32. The third-order valence-electron chi connectivity index (χ3n) is 4.08. The Morgan fingerprint density at radius 2 is 1.96 bits per heavy atom. The van der Waals surface area contributed by atoms with E-state index >= 15 is 0 Å². The third-order valence-corrected chi connectivity index (χ3v) is 4.08. The maximum absolute atomic E-state index is 6.09. The van der Waals surface area contributed by atoms with E-state index in [9.17, 15) is 0 Å². The maximum Gasteiger partial charge on any atom is 0.131 e. The number of aryl methyl sites for hydroxylation is 1. The normalized spacial score (nSPS) is 15.4. The molecule has 1 heterocycles. The van der Waals surface area contributed by atoms with Crippen molar-refractivity contribution in [2.24, 2.45) is 0 Å². The van der Waals surface area contributed by atoms with E-state index < -0.39 is 0 Å². The van der Waals surface area contributed by atoms with Gasteiger partial charge in [0.2, 0.25) is 0 Å². The Labute approximate surface area is 141 Å². The van der Waals surface area contributed by atoms with Crippen LogP contribution in [0.1, 0.15) is 51.2 Å².